The number of fused-ring (bicyclic) bond motifs is 1. The van der Waals surface area contributed by atoms with Gasteiger partial charge in [-0.05, 0) is 36.4 Å². The van der Waals surface area contributed by atoms with Gasteiger partial charge in [-0.15, -0.1) is 11.3 Å². The molecule has 1 aromatic heterocycles. The first-order chi connectivity index (χ1) is 8.78. The molecule has 1 fully saturated rings. The fourth-order valence-corrected chi connectivity index (χ4v) is 3.45. The molecule has 2 aromatic rings. The molecular formula is C14H16ClNOS. The Balaban J connectivity index is 1.96. The van der Waals surface area contributed by atoms with E-state index in [1.54, 1.807) is 7.11 Å². The standard InChI is InChI=1S/C14H16ClNOS/c1-17-8-12-11-6-9(15)2-5-13(11)18-14(12)7-16-10-3-4-10/h2,5-6,10,16H,3-4,7-8H2,1H3. The summed E-state index contributed by atoms with van der Waals surface area (Å²) in [5.41, 5.74) is 1.29. The number of ether oxygens (including phenoxy) is 1. The van der Waals surface area contributed by atoms with E-state index in [0.29, 0.717) is 6.61 Å². The third kappa shape index (κ3) is 2.54. The van der Waals surface area contributed by atoms with Crippen LogP contribution in [0.4, 0.5) is 0 Å². The Hall–Kier alpha value is -0.610. The van der Waals surface area contributed by atoms with Crippen molar-refractivity contribution in [2.75, 3.05) is 7.11 Å². The molecule has 1 saturated carbocycles. The molecule has 1 aliphatic rings. The maximum Gasteiger partial charge on any atom is 0.0730 e. The smallest absolute Gasteiger partial charge is 0.0730 e. The number of hydrogen-bond donors (Lipinski definition) is 1. The molecule has 0 unspecified atom stereocenters. The van der Waals surface area contributed by atoms with Crippen molar-refractivity contribution in [3.05, 3.63) is 33.7 Å². The molecule has 1 N–H and O–H groups in total. The minimum absolute atomic E-state index is 0.655. The van der Waals surface area contributed by atoms with E-state index in [1.165, 1.54) is 33.4 Å². The van der Waals surface area contributed by atoms with Crippen LogP contribution in [0.3, 0.4) is 0 Å². The largest absolute Gasteiger partial charge is 0.380 e. The molecule has 4 heteroatoms. The van der Waals surface area contributed by atoms with Crippen LogP contribution in [0.25, 0.3) is 10.1 Å². The molecule has 18 heavy (non-hydrogen) atoms. The van der Waals surface area contributed by atoms with Gasteiger partial charge in [0.1, 0.15) is 0 Å². The fraction of sp³-hybridized carbons (Fsp3) is 0.429. The number of rotatable bonds is 5. The Morgan fingerprint density at radius 3 is 3.00 bits per heavy atom. The Morgan fingerprint density at radius 1 is 1.44 bits per heavy atom. The topological polar surface area (TPSA) is 21.3 Å². The molecule has 0 atom stereocenters. The monoisotopic (exact) mass is 281 g/mol. The van der Waals surface area contributed by atoms with Crippen LogP contribution in [0.1, 0.15) is 23.3 Å². The lowest BCUT2D eigenvalue weighted by molar-refractivity contribution is 0.185. The fourth-order valence-electron chi connectivity index (χ4n) is 2.14. The number of benzene rings is 1. The van der Waals surface area contributed by atoms with Gasteiger partial charge < -0.3 is 10.1 Å². The first-order valence-electron chi connectivity index (χ1n) is 6.20. The van der Waals surface area contributed by atoms with Gasteiger partial charge in [0.2, 0.25) is 0 Å². The molecule has 0 saturated heterocycles. The second-order valence-electron chi connectivity index (χ2n) is 4.73. The Labute approximate surface area is 116 Å². The van der Waals surface area contributed by atoms with Gasteiger partial charge in [-0.2, -0.15) is 0 Å². The number of halogens is 1. The van der Waals surface area contributed by atoms with E-state index in [9.17, 15) is 0 Å². The second-order valence-corrected chi connectivity index (χ2v) is 6.31. The number of methoxy groups -OCH3 is 1. The highest BCUT2D eigenvalue weighted by atomic mass is 35.5. The van der Waals surface area contributed by atoms with Crippen molar-refractivity contribution < 1.29 is 4.74 Å². The average Bonchev–Trinajstić information content (AvgIpc) is 3.13. The molecule has 0 radical (unpaired) electrons. The lowest BCUT2D eigenvalue weighted by atomic mass is 10.1. The van der Waals surface area contributed by atoms with Crippen LogP contribution >= 0.6 is 22.9 Å². The maximum atomic E-state index is 6.09. The maximum absolute atomic E-state index is 6.09. The number of nitrogens with one attached hydrogen (secondary N) is 1. The van der Waals surface area contributed by atoms with Crippen molar-refractivity contribution in [3.63, 3.8) is 0 Å². The first-order valence-corrected chi connectivity index (χ1v) is 7.39. The predicted molar refractivity (Wildman–Crippen MR) is 77.4 cm³/mol. The molecule has 1 aliphatic carbocycles. The van der Waals surface area contributed by atoms with E-state index < -0.39 is 0 Å². The molecule has 0 bridgehead atoms. The van der Waals surface area contributed by atoms with E-state index in [1.807, 2.05) is 23.5 Å². The molecule has 3 rings (SSSR count). The summed E-state index contributed by atoms with van der Waals surface area (Å²) < 4.78 is 6.62. The van der Waals surface area contributed by atoms with Crippen molar-refractivity contribution in [1.82, 2.24) is 5.32 Å². The van der Waals surface area contributed by atoms with Crippen molar-refractivity contribution in [1.29, 1.82) is 0 Å². The Kier molecular flexibility index (Phi) is 3.57. The number of hydrogen-bond acceptors (Lipinski definition) is 3. The highest BCUT2D eigenvalue weighted by Crippen LogP contribution is 2.34. The predicted octanol–water partition coefficient (Wildman–Crippen LogP) is 3.95. The first kappa shape index (κ1) is 12.4. The van der Waals surface area contributed by atoms with E-state index in [-0.39, 0.29) is 0 Å². The van der Waals surface area contributed by atoms with Gasteiger partial charge in [0, 0.05) is 39.9 Å². The summed E-state index contributed by atoms with van der Waals surface area (Å²) in [7, 11) is 1.74. The van der Waals surface area contributed by atoms with E-state index in [2.05, 4.69) is 11.4 Å². The second kappa shape index (κ2) is 5.17. The van der Waals surface area contributed by atoms with Gasteiger partial charge in [-0.25, -0.2) is 0 Å². The molecule has 0 spiro atoms. The molecular weight excluding hydrogens is 266 g/mol. The van der Waals surface area contributed by atoms with Gasteiger partial charge in [0.05, 0.1) is 6.61 Å². The highest BCUT2D eigenvalue weighted by Gasteiger charge is 2.21. The van der Waals surface area contributed by atoms with Gasteiger partial charge in [0.25, 0.3) is 0 Å². The Bertz CT molecular complexity index is 562. The summed E-state index contributed by atoms with van der Waals surface area (Å²) in [6.07, 6.45) is 2.63. The summed E-state index contributed by atoms with van der Waals surface area (Å²) in [5, 5.41) is 5.60. The summed E-state index contributed by atoms with van der Waals surface area (Å²) in [5.74, 6) is 0. The summed E-state index contributed by atoms with van der Waals surface area (Å²) in [4.78, 5) is 1.38. The minimum Gasteiger partial charge on any atom is -0.380 e. The molecule has 1 aromatic carbocycles. The van der Waals surface area contributed by atoms with Gasteiger partial charge in [-0.3, -0.25) is 0 Å². The van der Waals surface area contributed by atoms with Crippen LogP contribution in [0.2, 0.25) is 5.02 Å². The van der Waals surface area contributed by atoms with E-state index in [4.69, 9.17) is 16.3 Å². The van der Waals surface area contributed by atoms with Crippen molar-refractivity contribution in [2.24, 2.45) is 0 Å². The third-order valence-electron chi connectivity index (χ3n) is 3.25. The summed E-state index contributed by atoms with van der Waals surface area (Å²) in [6, 6.07) is 6.83. The SMILES string of the molecule is COCc1c(CNC2CC2)sc2ccc(Cl)cc12. The minimum atomic E-state index is 0.655. The quantitative estimate of drug-likeness (QED) is 0.896. The van der Waals surface area contributed by atoms with Crippen molar-refractivity contribution in [3.8, 4) is 0 Å². The number of thiophene rings is 1. The van der Waals surface area contributed by atoms with Crippen LogP contribution in [0.5, 0.6) is 0 Å². The van der Waals surface area contributed by atoms with Crippen LogP contribution in [-0.2, 0) is 17.9 Å². The molecule has 0 aliphatic heterocycles. The zero-order chi connectivity index (χ0) is 12.5. The van der Waals surface area contributed by atoms with Gasteiger partial charge >= 0.3 is 0 Å². The normalized spacial score (nSPS) is 15.4. The molecule has 96 valence electrons. The summed E-state index contributed by atoms with van der Waals surface area (Å²) in [6.45, 7) is 1.60. The average molecular weight is 282 g/mol. The summed E-state index contributed by atoms with van der Waals surface area (Å²) >= 11 is 7.93. The molecule has 1 heterocycles. The Morgan fingerprint density at radius 2 is 2.28 bits per heavy atom. The zero-order valence-corrected chi connectivity index (χ0v) is 11.9. The van der Waals surface area contributed by atoms with Gasteiger partial charge in [0.15, 0.2) is 0 Å². The van der Waals surface area contributed by atoms with Crippen LogP contribution < -0.4 is 5.32 Å². The van der Waals surface area contributed by atoms with Crippen LogP contribution in [0, 0.1) is 0 Å². The molecule has 0 amide bonds. The lowest BCUT2D eigenvalue weighted by Crippen LogP contribution is -2.15. The van der Waals surface area contributed by atoms with Crippen molar-refractivity contribution >= 4 is 33.0 Å². The van der Waals surface area contributed by atoms with Gasteiger partial charge in [-0.1, -0.05) is 11.6 Å². The van der Waals surface area contributed by atoms with Crippen LogP contribution in [0.15, 0.2) is 18.2 Å². The van der Waals surface area contributed by atoms with Crippen LogP contribution in [-0.4, -0.2) is 13.2 Å². The van der Waals surface area contributed by atoms with E-state index >= 15 is 0 Å². The lowest BCUT2D eigenvalue weighted by Gasteiger charge is -2.04. The highest BCUT2D eigenvalue weighted by molar-refractivity contribution is 7.19. The zero-order valence-electron chi connectivity index (χ0n) is 10.3. The third-order valence-corrected chi connectivity index (χ3v) is 4.70. The van der Waals surface area contributed by atoms with E-state index in [0.717, 1.165) is 17.6 Å². The van der Waals surface area contributed by atoms with Crippen molar-refractivity contribution in [2.45, 2.75) is 32.0 Å². The molecule has 2 nitrogen and oxygen atoms in total.